The number of nitrogens with two attached hydrogens (primary N) is 1. The van der Waals surface area contributed by atoms with Gasteiger partial charge >= 0.3 is 23.9 Å². The predicted molar refractivity (Wildman–Crippen MR) is 130 cm³/mol. The number of carbonyl (C=O) groups excluding carboxylic acids is 6. The van der Waals surface area contributed by atoms with E-state index >= 15 is 0 Å². The minimum atomic E-state index is -1.88. The topological polar surface area (TPSA) is 270 Å². The minimum absolute atomic E-state index is 0.137. The van der Waals surface area contributed by atoms with Crippen molar-refractivity contribution < 1.29 is 58.0 Å². The molecule has 0 saturated carbocycles. The van der Waals surface area contributed by atoms with E-state index in [0.29, 0.717) is 0 Å². The van der Waals surface area contributed by atoms with E-state index in [9.17, 15) is 38.4 Å². The molecule has 0 aromatic rings. The molecule has 8 N–H and O–H groups in total. The molecule has 0 rings (SSSR count). The van der Waals surface area contributed by atoms with Crippen LogP contribution in [0, 0.1) is 0 Å². The summed E-state index contributed by atoms with van der Waals surface area (Å²) in [4.78, 5) is 93.5. The molecule has 19 heteroatoms. The molecule has 0 aromatic heterocycles. The van der Waals surface area contributed by atoms with Gasteiger partial charge in [0.1, 0.15) is 37.1 Å². The Morgan fingerprint density at radius 1 is 0.692 bits per heavy atom. The molecule has 0 aliphatic carbocycles. The summed E-state index contributed by atoms with van der Waals surface area (Å²) in [6.07, 6.45) is -2.41. The number of carboxylic acid groups (broad SMARTS) is 2. The molecule has 0 bridgehead atoms. The second kappa shape index (κ2) is 19.4. The van der Waals surface area contributed by atoms with Gasteiger partial charge in [0.05, 0.1) is 38.4 Å². The number of amides is 4. The fraction of sp³-hybridized carbons (Fsp3) is 0.600. The number of carbonyl (C=O) groups is 8. The van der Waals surface area contributed by atoms with Crippen LogP contribution in [0.25, 0.3) is 0 Å². The molecule has 0 heterocycles. The van der Waals surface area contributed by atoms with Gasteiger partial charge in [-0.3, -0.25) is 33.6 Å². The van der Waals surface area contributed by atoms with Crippen molar-refractivity contribution in [2.24, 2.45) is 5.73 Å². The number of nitrogens with one attached hydrogen (secondary N) is 4. The molecular weight excluding hydrogens is 573 g/mol. The Kier molecular flexibility index (Phi) is 17.5. The largest absolute Gasteiger partial charge is 0.481 e. The van der Waals surface area contributed by atoms with Crippen LogP contribution in [0.4, 0.5) is 0 Å². The van der Waals surface area contributed by atoms with Crippen LogP contribution in [0.15, 0.2) is 0 Å². The molecule has 0 radical (unpaired) electrons. The van der Waals surface area contributed by atoms with Crippen molar-refractivity contribution in [3.63, 3.8) is 0 Å². The molecule has 220 valence electrons. The zero-order valence-electron chi connectivity index (χ0n) is 20.4. The number of carboxylic acids is 2. The highest BCUT2D eigenvalue weighted by Gasteiger charge is 2.30. The zero-order valence-corrected chi connectivity index (χ0v) is 21.9. The molecule has 0 aliphatic heterocycles. The third-order valence-electron chi connectivity index (χ3n) is 4.35. The van der Waals surface area contributed by atoms with E-state index in [1.807, 2.05) is 5.32 Å². The van der Waals surface area contributed by atoms with Crippen LogP contribution in [0.3, 0.4) is 0 Å². The monoisotopic (exact) mass is 601 g/mol. The van der Waals surface area contributed by atoms with Crippen molar-refractivity contribution in [2.45, 2.75) is 37.4 Å². The second-order valence-electron chi connectivity index (χ2n) is 7.48. The number of esters is 2. The predicted octanol–water partition coefficient (Wildman–Crippen LogP) is -3.58. The number of hydrogen-bond acceptors (Lipinski definition) is 11. The minimum Gasteiger partial charge on any atom is -0.481 e. The summed E-state index contributed by atoms with van der Waals surface area (Å²) in [6.45, 7) is -0.789. The first-order valence-corrected chi connectivity index (χ1v) is 12.1. The molecule has 39 heavy (non-hydrogen) atoms. The Labute approximate surface area is 231 Å². The Morgan fingerprint density at radius 3 is 1.72 bits per heavy atom. The lowest BCUT2D eigenvalue weighted by atomic mass is 10.1. The van der Waals surface area contributed by atoms with Gasteiger partial charge in [-0.2, -0.15) is 0 Å². The average molecular weight is 602 g/mol. The molecular formula is C20H29Cl2N5O12. The summed E-state index contributed by atoms with van der Waals surface area (Å²) < 4.78 is 9.30. The third-order valence-corrected chi connectivity index (χ3v) is 4.78. The van der Waals surface area contributed by atoms with E-state index in [1.165, 1.54) is 0 Å². The Morgan fingerprint density at radius 2 is 1.23 bits per heavy atom. The Hall–Kier alpha value is -3.70. The number of alkyl halides is 2. The third kappa shape index (κ3) is 16.7. The number of aliphatic carboxylic acids is 2. The van der Waals surface area contributed by atoms with Gasteiger partial charge in [-0.25, -0.2) is 4.79 Å². The number of ether oxygens (including phenoxy) is 2. The summed E-state index contributed by atoms with van der Waals surface area (Å²) in [5.41, 5.74) is 5.66. The van der Waals surface area contributed by atoms with Gasteiger partial charge < -0.3 is 46.7 Å². The highest BCUT2D eigenvalue weighted by atomic mass is 35.5. The lowest BCUT2D eigenvalue weighted by Crippen LogP contribution is -2.54. The molecule has 0 spiro atoms. The SMILES string of the molecule is NC(CC(=O)NC(CC(=O)NCCOC(=O)CCl)C(=O)NC(CC(=O)O)C(=O)O)C(=O)NCCOC(=O)CCl. The average Bonchev–Trinajstić information content (AvgIpc) is 2.87. The normalized spacial score (nSPS) is 12.6. The van der Waals surface area contributed by atoms with Crippen LogP contribution in [0.2, 0.25) is 0 Å². The van der Waals surface area contributed by atoms with Crippen molar-refractivity contribution in [2.75, 3.05) is 38.1 Å². The van der Waals surface area contributed by atoms with Gasteiger partial charge in [0.25, 0.3) is 0 Å². The summed E-state index contributed by atoms with van der Waals surface area (Å²) in [5.74, 6) is -9.33. The van der Waals surface area contributed by atoms with Gasteiger partial charge in [0, 0.05) is 0 Å². The molecule has 0 aliphatic rings. The molecule has 0 aromatic carbocycles. The fourth-order valence-corrected chi connectivity index (χ4v) is 2.72. The van der Waals surface area contributed by atoms with Gasteiger partial charge in [-0.05, 0) is 0 Å². The van der Waals surface area contributed by atoms with E-state index in [1.54, 1.807) is 0 Å². The molecule has 3 atom stereocenters. The van der Waals surface area contributed by atoms with Gasteiger partial charge in [0.2, 0.25) is 23.6 Å². The van der Waals surface area contributed by atoms with Crippen LogP contribution in [0.1, 0.15) is 19.3 Å². The first-order chi connectivity index (χ1) is 18.3. The van der Waals surface area contributed by atoms with Crippen molar-refractivity contribution in [3.8, 4) is 0 Å². The summed E-state index contributed by atoms with van der Waals surface area (Å²) in [7, 11) is 0. The van der Waals surface area contributed by atoms with Gasteiger partial charge in [-0.15, -0.1) is 23.2 Å². The van der Waals surface area contributed by atoms with E-state index < -0.39 is 90.8 Å². The van der Waals surface area contributed by atoms with Gasteiger partial charge in [0.15, 0.2) is 0 Å². The standard InChI is InChI=1S/C20H29Cl2N5O12/c21-8-16(32)38-3-1-24-13(28)6-11(19(35)27-12(20(36)37)7-15(30)31)26-14(29)5-10(23)18(34)25-2-4-39-17(33)9-22/h10-12H,1-9,23H2,(H,24,28)(H,25,34)(H,26,29)(H,27,35)(H,30,31)(H,36,37). The quantitative estimate of drug-likeness (QED) is 0.0429. The van der Waals surface area contributed by atoms with E-state index in [4.69, 9.17) is 39.1 Å². The Balaban J connectivity index is 5.18. The summed E-state index contributed by atoms with van der Waals surface area (Å²) >= 11 is 10.5. The Bertz CT molecular complexity index is 920. The van der Waals surface area contributed by atoms with Crippen LogP contribution in [-0.2, 0) is 47.8 Å². The van der Waals surface area contributed by atoms with Crippen molar-refractivity contribution in [1.29, 1.82) is 0 Å². The van der Waals surface area contributed by atoms with Crippen LogP contribution >= 0.6 is 23.2 Å². The molecule has 0 fully saturated rings. The highest BCUT2D eigenvalue weighted by Crippen LogP contribution is 2.01. The van der Waals surface area contributed by atoms with E-state index in [2.05, 4.69) is 25.4 Å². The molecule has 4 amide bonds. The second-order valence-corrected chi connectivity index (χ2v) is 8.02. The first kappa shape index (κ1) is 35.3. The lowest BCUT2D eigenvalue weighted by molar-refractivity contribution is -0.147. The van der Waals surface area contributed by atoms with Crippen molar-refractivity contribution in [1.82, 2.24) is 21.3 Å². The van der Waals surface area contributed by atoms with E-state index in [-0.39, 0.29) is 32.2 Å². The number of rotatable bonds is 19. The lowest BCUT2D eigenvalue weighted by Gasteiger charge is -2.21. The maximum absolute atomic E-state index is 12.6. The number of hydrogen-bond donors (Lipinski definition) is 7. The smallest absolute Gasteiger partial charge is 0.326 e. The zero-order chi connectivity index (χ0) is 30.0. The number of halogens is 2. The maximum atomic E-state index is 12.6. The summed E-state index contributed by atoms with van der Waals surface area (Å²) in [5, 5.41) is 26.6. The van der Waals surface area contributed by atoms with Crippen LogP contribution in [0.5, 0.6) is 0 Å². The summed E-state index contributed by atoms with van der Waals surface area (Å²) in [6, 6.07) is -5.02. The van der Waals surface area contributed by atoms with Crippen LogP contribution < -0.4 is 27.0 Å². The van der Waals surface area contributed by atoms with Crippen molar-refractivity contribution in [3.05, 3.63) is 0 Å². The first-order valence-electron chi connectivity index (χ1n) is 11.1. The fourth-order valence-electron chi connectivity index (χ4n) is 2.56. The molecule has 3 unspecified atom stereocenters. The highest BCUT2D eigenvalue weighted by molar-refractivity contribution is 6.26. The maximum Gasteiger partial charge on any atom is 0.326 e. The molecule has 0 saturated heterocycles. The van der Waals surface area contributed by atoms with E-state index in [0.717, 1.165) is 0 Å². The molecule has 17 nitrogen and oxygen atoms in total. The van der Waals surface area contributed by atoms with Crippen LogP contribution in [-0.4, -0.2) is 114 Å². The van der Waals surface area contributed by atoms with Gasteiger partial charge in [-0.1, -0.05) is 0 Å². The van der Waals surface area contributed by atoms with Crippen molar-refractivity contribution >= 4 is 70.7 Å².